The molecular formula is C71H80F2N12O14. The van der Waals surface area contributed by atoms with Crippen LogP contribution in [0.1, 0.15) is 117 Å². The molecule has 1 aliphatic carbocycles. The van der Waals surface area contributed by atoms with E-state index in [0.717, 1.165) is 5.56 Å². The maximum atomic E-state index is 15.2. The van der Waals surface area contributed by atoms with E-state index < -0.39 is 150 Å². The largest absolute Gasteiger partial charge is 0.508 e. The minimum Gasteiger partial charge on any atom is -0.508 e. The molecule has 26 nitrogen and oxygen atoms in total. The van der Waals surface area contributed by atoms with Crippen molar-refractivity contribution in [3.63, 3.8) is 0 Å². The number of primary amides is 1. The second kappa shape index (κ2) is 32.9. The van der Waals surface area contributed by atoms with Gasteiger partial charge in [-0.3, -0.25) is 57.5 Å². The Bertz CT molecular complexity index is 4070. The number of phenolic OH excluding ortho intramolecular Hbond substituents is 1. The van der Waals surface area contributed by atoms with E-state index in [1.807, 2.05) is 0 Å². The number of ketones is 2. The summed E-state index contributed by atoms with van der Waals surface area (Å²) < 4.78 is 29.7. The molecule has 13 N–H and O–H groups in total. The summed E-state index contributed by atoms with van der Waals surface area (Å²) in [5.74, 6) is -13.4. The number of aromatic amines is 2. The second-order valence-corrected chi connectivity index (χ2v) is 25.6. The number of aromatic hydroxyl groups is 1. The molecule has 0 spiro atoms. The van der Waals surface area contributed by atoms with E-state index in [4.69, 9.17) is 5.73 Å². The van der Waals surface area contributed by atoms with Gasteiger partial charge in [-0.1, -0.05) is 48.5 Å². The van der Waals surface area contributed by atoms with Gasteiger partial charge in [-0.2, -0.15) is 0 Å². The molecule has 6 aromatic rings. The van der Waals surface area contributed by atoms with Crippen LogP contribution in [-0.4, -0.2) is 156 Å². The summed E-state index contributed by atoms with van der Waals surface area (Å²) in [6, 6.07) is 11.8. The summed E-state index contributed by atoms with van der Waals surface area (Å²) in [5.41, 5.74) is 8.65. The van der Waals surface area contributed by atoms with E-state index in [-0.39, 0.29) is 86.1 Å². The first-order chi connectivity index (χ1) is 47.3. The molecule has 4 aromatic carbocycles. The first-order valence-electron chi connectivity index (χ1n) is 32.8. The molecule has 3 aliphatic heterocycles. The van der Waals surface area contributed by atoms with Gasteiger partial charge in [-0.25, -0.2) is 13.8 Å². The van der Waals surface area contributed by atoms with Gasteiger partial charge in [0.15, 0.2) is 5.78 Å². The van der Waals surface area contributed by atoms with Crippen LogP contribution < -0.4 is 43.0 Å². The van der Waals surface area contributed by atoms with Gasteiger partial charge in [0, 0.05) is 93.3 Å². The number of hydrogen-bond donors (Lipinski definition) is 12. The number of carbonyl (C=O) groups is 12. The predicted octanol–water partition coefficient (Wildman–Crippen LogP) is 3.21. The van der Waals surface area contributed by atoms with Gasteiger partial charge in [0.1, 0.15) is 58.9 Å². The number of amides is 9. The smallest absolute Gasteiger partial charge is 0.304 e. The van der Waals surface area contributed by atoms with Crippen molar-refractivity contribution in [2.24, 2.45) is 11.7 Å². The number of allylic oxidation sites excluding steroid dienone is 1. The summed E-state index contributed by atoms with van der Waals surface area (Å²) in [6.07, 6.45) is 4.64. The molecule has 9 amide bonds. The predicted molar refractivity (Wildman–Crippen MR) is 355 cm³/mol. The second-order valence-electron chi connectivity index (χ2n) is 25.6. The van der Waals surface area contributed by atoms with Crippen molar-refractivity contribution in [2.45, 2.75) is 158 Å². The zero-order valence-electron chi connectivity index (χ0n) is 54.7. The maximum Gasteiger partial charge on any atom is 0.304 e. The van der Waals surface area contributed by atoms with Crippen LogP contribution in [-0.2, 0) is 96.1 Å². The summed E-state index contributed by atoms with van der Waals surface area (Å²) in [5, 5.41) is 39.2. The number of aromatic nitrogens is 3. The number of carboxylic acid groups (broad SMARTS) is 1. The molecule has 2 bridgehead atoms. The molecule has 10 rings (SSSR count). The molecule has 4 aliphatic rings. The average Bonchev–Trinajstić information content (AvgIpc) is 1.70. The lowest BCUT2D eigenvalue weighted by molar-refractivity contribution is -0.147. The van der Waals surface area contributed by atoms with Gasteiger partial charge in [0.2, 0.25) is 53.2 Å². The van der Waals surface area contributed by atoms with Crippen molar-refractivity contribution < 1.29 is 76.5 Å². The number of fused-ring (bicyclic) bond motifs is 35. The lowest BCUT2D eigenvalue weighted by atomic mass is 9.91. The number of Topliss-reactive ketones (excluding diaryl/α,β-unsaturated/α-hetero) is 2. The Morgan fingerprint density at radius 1 is 0.677 bits per heavy atom. The van der Waals surface area contributed by atoms with E-state index in [1.54, 1.807) is 36.4 Å². The monoisotopic (exact) mass is 1360 g/mol. The lowest BCUT2D eigenvalue weighted by Crippen LogP contribution is -2.63. The number of nitrogens with zero attached hydrogens (tertiary/aromatic N) is 2. The quantitative estimate of drug-likeness (QED) is 0.0829. The zero-order valence-corrected chi connectivity index (χ0v) is 54.7. The summed E-state index contributed by atoms with van der Waals surface area (Å²) in [6.45, 7) is 2.18. The van der Waals surface area contributed by atoms with Crippen molar-refractivity contribution in [1.82, 2.24) is 57.1 Å². The normalized spacial score (nSPS) is 23.6. The maximum absolute atomic E-state index is 15.2. The number of hydrogen-bond acceptors (Lipinski definition) is 14. The molecule has 522 valence electrons. The van der Waals surface area contributed by atoms with Gasteiger partial charge in [-0.15, -0.1) is 0 Å². The fraction of sp³-hybridized carbons (Fsp3) is 0.394. The third-order valence-corrected chi connectivity index (χ3v) is 18.3. The molecule has 1 fully saturated rings. The van der Waals surface area contributed by atoms with Crippen LogP contribution in [0.2, 0.25) is 0 Å². The molecular weight excluding hydrogens is 1280 g/mol. The molecule has 28 heteroatoms. The number of carbonyl (C=O) groups excluding carboxylic acids is 11. The Balaban J connectivity index is 1.04. The van der Waals surface area contributed by atoms with Crippen molar-refractivity contribution >= 4 is 87.2 Å². The number of phenols is 1. The molecule has 0 unspecified atom stereocenters. The fourth-order valence-electron chi connectivity index (χ4n) is 12.7. The molecule has 0 radical (unpaired) electrons. The number of carboxylic acids is 1. The van der Waals surface area contributed by atoms with E-state index >= 15 is 14.4 Å². The van der Waals surface area contributed by atoms with Gasteiger partial charge in [-0.05, 0) is 134 Å². The standard InChI is InChI=1S/C71H80F2N12O14/c1-39-65(94)77-37-62(90)80-57(28-44-16-15-43-17-18-47(72)32-52(43)44)67(96)81-55(29-46-35-76-54-23-19-48(73)33-53(46)54)60(88)30-45(31-63(91)92)66(95)82-58(34-49-36-75-38-78-49)68(97)83-59(27-42-13-21-51(87)22-14-42)69(98)85-25-5-24-71(85,2)70(99)84-56(64(74)93)26-41-10-8-40(9-11-41)12-20-50(86)6-3-4-7-61(89)79-39/h8-11,13-14,16-19,21-23,32-33,35-36,38-39,45,55-59,76,87H,3-7,12,15,20,24-31,34,37H2,1-2H3,(H2,74,93)(H,75,78)(H,77,94)(H,79,89)(H,80,90)(H,81,96)(H,82,95)(H,83,97)(H,84,99)(H,91,92)/t39-,45-,55-,56-,57-,58-,59-,71-/m0/s1. The topological polar surface area (TPSA) is 403 Å². The first-order valence-corrected chi connectivity index (χ1v) is 32.8. The van der Waals surface area contributed by atoms with Crippen molar-refractivity contribution in [2.75, 3.05) is 13.1 Å². The summed E-state index contributed by atoms with van der Waals surface area (Å²) >= 11 is 0. The molecule has 0 saturated carbocycles. The molecule has 8 atom stereocenters. The van der Waals surface area contributed by atoms with E-state index in [2.05, 4.69) is 52.2 Å². The number of aryl methyl sites for hydroxylation is 1. The molecule has 2 aromatic heterocycles. The van der Waals surface area contributed by atoms with Crippen LogP contribution in [0, 0.1) is 17.6 Å². The summed E-state index contributed by atoms with van der Waals surface area (Å²) in [7, 11) is 0. The fourth-order valence-corrected chi connectivity index (χ4v) is 12.7. The van der Waals surface area contributed by atoms with Crippen LogP contribution >= 0.6 is 0 Å². The Kier molecular flexibility index (Phi) is 24.0. The van der Waals surface area contributed by atoms with Gasteiger partial charge >= 0.3 is 5.97 Å². The number of H-pyrrole nitrogens is 2. The van der Waals surface area contributed by atoms with Crippen LogP contribution in [0.5, 0.6) is 5.75 Å². The average molecular weight is 1360 g/mol. The highest BCUT2D eigenvalue weighted by molar-refractivity contribution is 6.00. The highest BCUT2D eigenvalue weighted by Gasteiger charge is 2.49. The Hall–Kier alpha value is -10.9. The highest BCUT2D eigenvalue weighted by atomic mass is 19.1. The third-order valence-electron chi connectivity index (χ3n) is 18.3. The van der Waals surface area contributed by atoms with Gasteiger partial charge in [0.25, 0.3) is 0 Å². The van der Waals surface area contributed by atoms with Gasteiger partial charge in [0.05, 0.1) is 31.3 Å². The Morgan fingerprint density at radius 2 is 1.36 bits per heavy atom. The highest BCUT2D eigenvalue weighted by Crippen LogP contribution is 2.33. The van der Waals surface area contributed by atoms with Crippen LogP contribution in [0.15, 0.2) is 110 Å². The van der Waals surface area contributed by atoms with E-state index in [1.165, 1.54) is 92.1 Å². The minimum absolute atomic E-state index is 0.00697. The minimum atomic E-state index is -1.80. The molecule has 1 saturated heterocycles. The SMILES string of the molecule is C[C@@H]1NC(=O)CCCCC(=O)CCc2ccc(cc2)C[C@@H](C(N)=O)NC(=O)[C@]2(C)CCCN2C(=O)[C@H](Cc2ccc(O)cc2)NC(=O)[C@H](Cc2cnc[nH]2)NC(=O)[C@H](CC(=O)O)CC(=O)[C@H](Cc2c[nH]c3ccc(F)cc23)NC(=O)[C@H](CC2=CCc3ccc(F)cc32)NC(=O)CNC1=O. The van der Waals surface area contributed by atoms with Crippen molar-refractivity contribution in [3.05, 3.63) is 160 Å². The first kappa shape index (κ1) is 72.3. The number of nitrogens with two attached hydrogens (primary N) is 1. The number of rotatable bonds is 11. The zero-order chi connectivity index (χ0) is 71.1. The Labute approximate surface area is 567 Å². The van der Waals surface area contributed by atoms with Gasteiger partial charge < -0.3 is 68.0 Å². The number of nitrogens with one attached hydrogen (secondary N) is 9. The summed E-state index contributed by atoms with van der Waals surface area (Å²) in [4.78, 5) is 180. The van der Waals surface area contributed by atoms with E-state index in [9.17, 15) is 62.1 Å². The van der Waals surface area contributed by atoms with Crippen molar-refractivity contribution in [1.29, 1.82) is 0 Å². The number of aliphatic carboxylic acids is 1. The van der Waals surface area contributed by atoms with Crippen molar-refractivity contribution in [3.8, 4) is 5.75 Å². The lowest BCUT2D eigenvalue weighted by Gasteiger charge is -2.37. The molecule has 5 heterocycles. The Morgan fingerprint density at radius 3 is 2.08 bits per heavy atom. The van der Waals surface area contributed by atoms with Crippen LogP contribution in [0.25, 0.3) is 16.5 Å². The van der Waals surface area contributed by atoms with Crippen LogP contribution in [0.4, 0.5) is 8.78 Å². The van der Waals surface area contributed by atoms with E-state index in [0.29, 0.717) is 65.4 Å². The number of halogens is 2. The molecule has 99 heavy (non-hydrogen) atoms. The van der Waals surface area contributed by atoms with Crippen LogP contribution in [0.3, 0.4) is 0 Å². The number of imidazole rings is 1. The number of benzene rings is 4. The third kappa shape index (κ3) is 19.4.